The van der Waals surface area contributed by atoms with E-state index < -0.39 is 0 Å². The van der Waals surface area contributed by atoms with Gasteiger partial charge in [-0.15, -0.1) is 0 Å². The number of nitrogens with zero attached hydrogens (tertiary/aromatic N) is 2. The lowest BCUT2D eigenvalue weighted by Gasteiger charge is -1.91. The van der Waals surface area contributed by atoms with E-state index in [1.807, 2.05) is 24.3 Å². The van der Waals surface area contributed by atoms with Crippen molar-refractivity contribution in [1.82, 2.24) is 4.09 Å². The van der Waals surface area contributed by atoms with E-state index in [2.05, 4.69) is 6.07 Å². The molecule has 2 aromatic rings. The highest BCUT2D eigenvalue weighted by molar-refractivity contribution is 6.19. The van der Waals surface area contributed by atoms with Crippen LogP contribution in [0.1, 0.15) is 5.56 Å². The fourth-order valence-corrected chi connectivity index (χ4v) is 1.70. The minimum absolute atomic E-state index is 0.403. The Kier molecular flexibility index (Phi) is 1.96. The van der Waals surface area contributed by atoms with Crippen LogP contribution in [0.3, 0.4) is 0 Å². The average Bonchev–Trinajstić information content (AvgIpc) is 2.46. The summed E-state index contributed by atoms with van der Waals surface area (Å²) in [6.45, 7) is 0. The number of benzene rings is 1. The topological polar surface area (TPSA) is 28.7 Å². The maximum absolute atomic E-state index is 8.59. The van der Waals surface area contributed by atoms with Gasteiger partial charge in [0.05, 0.1) is 18.0 Å². The number of fused-ring (bicyclic) bond motifs is 1. The summed E-state index contributed by atoms with van der Waals surface area (Å²) in [4.78, 5) is 0. The largest absolute Gasteiger partial charge is 0.260 e. The van der Waals surface area contributed by atoms with Crippen LogP contribution in [0.15, 0.2) is 30.5 Å². The van der Waals surface area contributed by atoms with Crippen LogP contribution in [0, 0.1) is 11.3 Å². The predicted octanol–water partition coefficient (Wildman–Crippen LogP) is 2.71. The number of nitriles is 1. The molecule has 13 heavy (non-hydrogen) atoms. The molecule has 0 aliphatic heterocycles. The summed E-state index contributed by atoms with van der Waals surface area (Å²) in [5.41, 5.74) is 1.93. The van der Waals surface area contributed by atoms with Crippen molar-refractivity contribution in [2.75, 3.05) is 0 Å². The lowest BCUT2D eigenvalue weighted by Crippen LogP contribution is -1.75. The van der Waals surface area contributed by atoms with E-state index in [0.29, 0.717) is 6.42 Å². The van der Waals surface area contributed by atoms with Crippen LogP contribution in [0.4, 0.5) is 0 Å². The second-order valence-electron chi connectivity index (χ2n) is 2.82. The van der Waals surface area contributed by atoms with Crippen LogP contribution < -0.4 is 0 Å². The summed E-state index contributed by atoms with van der Waals surface area (Å²) >= 11 is 5.92. The average molecular weight is 191 g/mol. The Morgan fingerprint density at radius 1 is 1.38 bits per heavy atom. The molecule has 0 spiro atoms. The summed E-state index contributed by atoms with van der Waals surface area (Å²) in [7, 11) is 0. The summed E-state index contributed by atoms with van der Waals surface area (Å²) in [6.07, 6.45) is 2.19. The van der Waals surface area contributed by atoms with Crippen molar-refractivity contribution in [2.24, 2.45) is 0 Å². The van der Waals surface area contributed by atoms with Gasteiger partial charge in [0.25, 0.3) is 0 Å². The third-order valence-electron chi connectivity index (χ3n) is 2.02. The smallest absolute Gasteiger partial charge is 0.0670 e. The Hall–Kier alpha value is -1.46. The Bertz CT molecular complexity index is 479. The van der Waals surface area contributed by atoms with Gasteiger partial charge < -0.3 is 0 Å². The van der Waals surface area contributed by atoms with Gasteiger partial charge in [-0.05, 0) is 11.6 Å². The molecule has 2 rings (SSSR count). The van der Waals surface area contributed by atoms with Crippen molar-refractivity contribution in [3.63, 3.8) is 0 Å². The Morgan fingerprint density at radius 3 is 2.92 bits per heavy atom. The van der Waals surface area contributed by atoms with Crippen molar-refractivity contribution in [1.29, 1.82) is 5.26 Å². The number of halogens is 1. The number of hydrogen-bond donors (Lipinski definition) is 0. The molecule has 1 aromatic carbocycles. The van der Waals surface area contributed by atoms with Crippen LogP contribution in [0.25, 0.3) is 10.9 Å². The first-order chi connectivity index (χ1) is 6.33. The van der Waals surface area contributed by atoms with E-state index in [-0.39, 0.29) is 0 Å². The SMILES string of the molecule is N#CCc1cn(Cl)c2ccccc12. The summed E-state index contributed by atoms with van der Waals surface area (Å²) < 4.78 is 1.53. The third-order valence-corrected chi connectivity index (χ3v) is 2.30. The third kappa shape index (κ3) is 1.28. The Morgan fingerprint density at radius 2 is 2.15 bits per heavy atom. The molecule has 0 aliphatic carbocycles. The zero-order chi connectivity index (χ0) is 9.26. The molecule has 2 nitrogen and oxygen atoms in total. The molecule has 3 heteroatoms. The van der Waals surface area contributed by atoms with Gasteiger partial charge >= 0.3 is 0 Å². The van der Waals surface area contributed by atoms with Gasteiger partial charge in [0.2, 0.25) is 0 Å². The zero-order valence-electron chi connectivity index (χ0n) is 6.87. The maximum Gasteiger partial charge on any atom is 0.0670 e. The highest BCUT2D eigenvalue weighted by Crippen LogP contribution is 2.22. The molecule has 0 radical (unpaired) electrons. The van der Waals surface area contributed by atoms with E-state index in [1.54, 1.807) is 6.20 Å². The van der Waals surface area contributed by atoms with Crippen LogP contribution in [-0.4, -0.2) is 4.09 Å². The highest BCUT2D eigenvalue weighted by Gasteiger charge is 2.05. The van der Waals surface area contributed by atoms with E-state index in [9.17, 15) is 0 Å². The van der Waals surface area contributed by atoms with Crippen molar-refractivity contribution in [2.45, 2.75) is 6.42 Å². The fraction of sp³-hybridized carbons (Fsp3) is 0.100. The standard InChI is InChI=1S/C10H7ClN2/c11-13-7-8(5-6-12)9-3-1-2-4-10(9)13/h1-4,7H,5H2. The molecule has 0 unspecified atom stereocenters. The minimum atomic E-state index is 0.403. The maximum atomic E-state index is 8.59. The van der Waals surface area contributed by atoms with Gasteiger partial charge in [-0.3, -0.25) is 4.09 Å². The van der Waals surface area contributed by atoms with E-state index in [4.69, 9.17) is 17.0 Å². The molecule has 0 amide bonds. The van der Waals surface area contributed by atoms with Gasteiger partial charge in [-0.2, -0.15) is 5.26 Å². The summed E-state index contributed by atoms with van der Waals surface area (Å²) in [6, 6.07) is 9.90. The molecule has 0 bridgehead atoms. The first kappa shape index (κ1) is 8.15. The molecule has 0 saturated carbocycles. The normalized spacial score (nSPS) is 10.2. The van der Waals surface area contributed by atoms with E-state index >= 15 is 0 Å². The van der Waals surface area contributed by atoms with Gasteiger partial charge in [-0.1, -0.05) is 18.2 Å². The number of hydrogen-bond acceptors (Lipinski definition) is 1. The highest BCUT2D eigenvalue weighted by atomic mass is 35.5. The zero-order valence-corrected chi connectivity index (χ0v) is 7.62. The van der Waals surface area contributed by atoms with Gasteiger partial charge in [-0.25, -0.2) is 0 Å². The molecular formula is C10H7ClN2. The van der Waals surface area contributed by atoms with E-state index in [1.165, 1.54) is 4.09 Å². The molecule has 64 valence electrons. The first-order valence-corrected chi connectivity index (χ1v) is 4.29. The second-order valence-corrected chi connectivity index (χ2v) is 3.18. The molecule has 0 atom stereocenters. The molecular weight excluding hydrogens is 184 g/mol. The van der Waals surface area contributed by atoms with E-state index in [0.717, 1.165) is 16.5 Å². The predicted molar refractivity (Wildman–Crippen MR) is 52.5 cm³/mol. The molecule has 0 fully saturated rings. The van der Waals surface area contributed by atoms with Gasteiger partial charge in [0, 0.05) is 23.4 Å². The second kappa shape index (κ2) is 3.12. The van der Waals surface area contributed by atoms with Gasteiger partial charge in [0.1, 0.15) is 0 Å². The van der Waals surface area contributed by atoms with Crippen LogP contribution in [0.5, 0.6) is 0 Å². The van der Waals surface area contributed by atoms with Crippen molar-refractivity contribution in [3.8, 4) is 6.07 Å². The number of aromatic nitrogens is 1. The van der Waals surface area contributed by atoms with Crippen LogP contribution in [-0.2, 0) is 6.42 Å². The van der Waals surface area contributed by atoms with Crippen molar-refractivity contribution >= 4 is 22.7 Å². The number of para-hydroxylation sites is 1. The number of rotatable bonds is 1. The fourth-order valence-electron chi connectivity index (χ4n) is 1.43. The lowest BCUT2D eigenvalue weighted by atomic mass is 10.1. The van der Waals surface area contributed by atoms with Crippen LogP contribution in [0.2, 0.25) is 0 Å². The molecule has 1 aromatic heterocycles. The molecule has 0 aliphatic rings. The first-order valence-electron chi connectivity index (χ1n) is 3.95. The molecule has 0 saturated heterocycles. The minimum Gasteiger partial charge on any atom is -0.260 e. The Labute approximate surface area is 81.1 Å². The van der Waals surface area contributed by atoms with Crippen LogP contribution >= 0.6 is 11.8 Å². The summed E-state index contributed by atoms with van der Waals surface area (Å²) in [5, 5.41) is 9.64. The monoisotopic (exact) mass is 190 g/mol. The van der Waals surface area contributed by atoms with Crippen molar-refractivity contribution in [3.05, 3.63) is 36.0 Å². The molecule has 1 heterocycles. The van der Waals surface area contributed by atoms with Crippen molar-refractivity contribution < 1.29 is 0 Å². The Balaban J connectivity index is 2.72. The lowest BCUT2D eigenvalue weighted by molar-refractivity contribution is 1.24. The van der Waals surface area contributed by atoms with Gasteiger partial charge in [0.15, 0.2) is 0 Å². The molecule has 0 N–H and O–H groups in total. The quantitative estimate of drug-likeness (QED) is 0.680. The summed E-state index contributed by atoms with van der Waals surface area (Å²) in [5.74, 6) is 0.